The summed E-state index contributed by atoms with van der Waals surface area (Å²) in [6.07, 6.45) is 10.4. The normalized spacial score (nSPS) is 21.9. The molecule has 1 spiro atoms. The summed E-state index contributed by atoms with van der Waals surface area (Å²) in [6.45, 7) is 7.62. The van der Waals surface area contributed by atoms with Crippen LogP contribution in [-0.4, -0.2) is 52.5 Å². The van der Waals surface area contributed by atoms with Crippen LogP contribution in [0.2, 0.25) is 0 Å². The minimum Gasteiger partial charge on any atom is -0.493 e. The molecule has 1 N–H and O–H groups in total. The van der Waals surface area contributed by atoms with E-state index >= 15 is 0 Å². The third-order valence-corrected chi connectivity index (χ3v) is 7.21. The molecule has 7 heteroatoms. The molecule has 1 aromatic heterocycles. The molecule has 184 valence electrons. The molecule has 0 radical (unpaired) electrons. The molecule has 1 fully saturated rings. The Hall–Kier alpha value is -2.83. The van der Waals surface area contributed by atoms with Crippen molar-refractivity contribution >= 4 is 11.8 Å². The van der Waals surface area contributed by atoms with Crippen LogP contribution in [0.4, 0.5) is 0 Å². The first-order valence-electron chi connectivity index (χ1n) is 12.8. The van der Waals surface area contributed by atoms with E-state index in [1.807, 2.05) is 41.6 Å². The lowest BCUT2D eigenvalue weighted by atomic mass is 9.75. The number of piperidine rings is 1. The van der Waals surface area contributed by atoms with Crippen molar-refractivity contribution < 1.29 is 14.3 Å². The number of hydrogen-bond acceptors (Lipinski definition) is 4. The Labute approximate surface area is 202 Å². The Morgan fingerprint density at radius 1 is 1.18 bits per heavy atom. The first kappa shape index (κ1) is 24.3. The predicted molar refractivity (Wildman–Crippen MR) is 132 cm³/mol. The van der Waals surface area contributed by atoms with Gasteiger partial charge in [-0.05, 0) is 37.8 Å². The summed E-state index contributed by atoms with van der Waals surface area (Å²) >= 11 is 0. The van der Waals surface area contributed by atoms with Gasteiger partial charge in [0.05, 0.1) is 12.2 Å². The average molecular weight is 467 g/mol. The molecule has 2 aliphatic rings. The Balaban J connectivity index is 1.43. The van der Waals surface area contributed by atoms with Gasteiger partial charge >= 0.3 is 0 Å². The van der Waals surface area contributed by atoms with E-state index in [1.54, 1.807) is 0 Å². The molecular weight excluding hydrogens is 428 g/mol. The lowest BCUT2D eigenvalue weighted by molar-refractivity contribution is -0.135. The largest absolute Gasteiger partial charge is 0.493 e. The number of aromatic nitrogens is 2. The van der Waals surface area contributed by atoms with Crippen LogP contribution >= 0.6 is 0 Å². The van der Waals surface area contributed by atoms with Gasteiger partial charge in [-0.1, -0.05) is 38.8 Å². The summed E-state index contributed by atoms with van der Waals surface area (Å²) in [5.41, 5.74) is 0.514. The fourth-order valence-electron chi connectivity index (χ4n) is 5.35. The van der Waals surface area contributed by atoms with Gasteiger partial charge in [0, 0.05) is 56.3 Å². The SMILES string of the molecule is CC(C)c1nccn1CCC(=O)N1CCCC2(CCCCCOc3ccccc3C(=O)NC2)C1. The smallest absolute Gasteiger partial charge is 0.255 e. The highest BCUT2D eigenvalue weighted by molar-refractivity contribution is 5.96. The number of benzene rings is 1. The monoisotopic (exact) mass is 466 g/mol. The van der Waals surface area contributed by atoms with Crippen molar-refractivity contribution in [3.05, 3.63) is 48.0 Å². The second kappa shape index (κ2) is 11.1. The van der Waals surface area contributed by atoms with E-state index in [1.165, 1.54) is 0 Å². The molecule has 0 aliphatic carbocycles. The molecule has 0 bridgehead atoms. The van der Waals surface area contributed by atoms with E-state index in [2.05, 4.69) is 28.7 Å². The minimum atomic E-state index is -0.0969. The number of ether oxygens (including phenoxy) is 1. The fraction of sp³-hybridized carbons (Fsp3) is 0.593. The number of rotatable bonds is 4. The second-order valence-electron chi connectivity index (χ2n) is 10.1. The zero-order chi connectivity index (χ0) is 24.0. The van der Waals surface area contributed by atoms with Crippen molar-refractivity contribution in [2.24, 2.45) is 5.41 Å². The van der Waals surface area contributed by atoms with Crippen molar-refractivity contribution in [2.45, 2.75) is 71.3 Å². The van der Waals surface area contributed by atoms with E-state index < -0.39 is 0 Å². The van der Waals surface area contributed by atoms with Gasteiger partial charge in [-0.15, -0.1) is 0 Å². The molecule has 7 nitrogen and oxygen atoms in total. The van der Waals surface area contributed by atoms with Crippen LogP contribution in [-0.2, 0) is 11.3 Å². The van der Waals surface area contributed by atoms with Crippen molar-refractivity contribution in [1.82, 2.24) is 19.8 Å². The van der Waals surface area contributed by atoms with Crippen LogP contribution < -0.4 is 10.1 Å². The van der Waals surface area contributed by atoms with Crippen LogP contribution in [0, 0.1) is 5.41 Å². The van der Waals surface area contributed by atoms with Gasteiger partial charge in [0.2, 0.25) is 5.91 Å². The van der Waals surface area contributed by atoms with E-state index in [0.717, 1.165) is 50.9 Å². The highest BCUT2D eigenvalue weighted by Crippen LogP contribution is 2.36. The molecule has 3 heterocycles. The van der Waals surface area contributed by atoms with Crippen LogP contribution in [0.25, 0.3) is 0 Å². The molecular formula is C27H38N4O3. The summed E-state index contributed by atoms with van der Waals surface area (Å²) in [4.78, 5) is 32.7. The molecule has 1 saturated heterocycles. The van der Waals surface area contributed by atoms with Gasteiger partial charge in [-0.25, -0.2) is 4.98 Å². The summed E-state index contributed by atoms with van der Waals surface area (Å²) in [6, 6.07) is 7.46. The average Bonchev–Trinajstić information content (AvgIpc) is 3.32. The summed E-state index contributed by atoms with van der Waals surface area (Å²) < 4.78 is 7.97. The zero-order valence-electron chi connectivity index (χ0n) is 20.6. The first-order valence-corrected chi connectivity index (χ1v) is 12.8. The number of hydrogen-bond donors (Lipinski definition) is 1. The zero-order valence-corrected chi connectivity index (χ0v) is 20.6. The van der Waals surface area contributed by atoms with Crippen LogP contribution in [0.5, 0.6) is 5.75 Å². The number of aryl methyl sites for hydroxylation is 1. The highest BCUT2D eigenvalue weighted by atomic mass is 16.5. The van der Waals surface area contributed by atoms with Gasteiger partial charge in [0.1, 0.15) is 11.6 Å². The maximum absolute atomic E-state index is 13.2. The predicted octanol–water partition coefficient (Wildman–Crippen LogP) is 4.39. The maximum atomic E-state index is 13.2. The van der Waals surface area contributed by atoms with Gasteiger partial charge in [0.15, 0.2) is 0 Å². The number of amides is 2. The third kappa shape index (κ3) is 5.80. The van der Waals surface area contributed by atoms with Gasteiger partial charge < -0.3 is 19.5 Å². The number of likely N-dealkylation sites (tertiary alicyclic amines) is 1. The molecule has 0 saturated carbocycles. The first-order chi connectivity index (χ1) is 16.5. The number of nitrogens with one attached hydrogen (secondary N) is 1. The molecule has 2 aromatic rings. The number of imidazole rings is 1. The Kier molecular flexibility index (Phi) is 7.91. The van der Waals surface area contributed by atoms with Gasteiger partial charge in [0.25, 0.3) is 5.91 Å². The topological polar surface area (TPSA) is 76.5 Å². The third-order valence-electron chi connectivity index (χ3n) is 7.21. The molecule has 4 rings (SSSR count). The molecule has 2 amide bonds. The van der Waals surface area contributed by atoms with Crippen molar-refractivity contribution in [3.8, 4) is 5.75 Å². The Morgan fingerprint density at radius 3 is 2.85 bits per heavy atom. The minimum absolute atomic E-state index is 0.0728. The van der Waals surface area contributed by atoms with E-state index in [4.69, 9.17) is 4.74 Å². The molecule has 34 heavy (non-hydrogen) atoms. The summed E-state index contributed by atoms with van der Waals surface area (Å²) in [5.74, 6) is 2.10. The fourth-order valence-corrected chi connectivity index (χ4v) is 5.35. The standard InChI is InChI=1S/C27H38N4O3/c1-21(2)25-28-14-17-30(25)16-11-24(32)31-15-8-13-27(20-31)12-6-3-7-18-34-23-10-5-4-9-22(23)26(33)29-19-27/h4-5,9-10,14,17,21H,3,6-8,11-13,15-16,18-20H2,1-2H3,(H,29,33). The summed E-state index contributed by atoms with van der Waals surface area (Å²) in [7, 11) is 0. The van der Waals surface area contributed by atoms with Crippen LogP contribution in [0.15, 0.2) is 36.7 Å². The summed E-state index contributed by atoms with van der Waals surface area (Å²) in [5, 5.41) is 3.18. The van der Waals surface area contributed by atoms with E-state index in [9.17, 15) is 9.59 Å². The van der Waals surface area contributed by atoms with Crippen molar-refractivity contribution in [1.29, 1.82) is 0 Å². The van der Waals surface area contributed by atoms with Gasteiger partial charge in [-0.2, -0.15) is 0 Å². The second-order valence-corrected chi connectivity index (χ2v) is 10.1. The quantitative estimate of drug-likeness (QED) is 0.725. The van der Waals surface area contributed by atoms with Crippen LogP contribution in [0.1, 0.15) is 80.9 Å². The van der Waals surface area contributed by atoms with Crippen LogP contribution in [0.3, 0.4) is 0 Å². The lowest BCUT2D eigenvalue weighted by Crippen LogP contribution is -2.51. The van der Waals surface area contributed by atoms with Crippen molar-refractivity contribution in [3.63, 3.8) is 0 Å². The number of nitrogens with zero attached hydrogens (tertiary/aromatic N) is 3. The van der Waals surface area contributed by atoms with Gasteiger partial charge in [-0.3, -0.25) is 9.59 Å². The maximum Gasteiger partial charge on any atom is 0.255 e. The lowest BCUT2D eigenvalue weighted by Gasteiger charge is -2.43. The number of carbonyl (C=O) groups is 2. The molecule has 1 atom stereocenters. The Bertz CT molecular complexity index is 986. The van der Waals surface area contributed by atoms with E-state index in [0.29, 0.717) is 49.9 Å². The number of para-hydroxylation sites is 1. The Morgan fingerprint density at radius 2 is 2.00 bits per heavy atom. The van der Waals surface area contributed by atoms with E-state index in [-0.39, 0.29) is 17.2 Å². The molecule has 2 aliphatic heterocycles. The molecule has 1 unspecified atom stereocenters. The molecule has 1 aromatic carbocycles. The number of fused-ring (bicyclic) bond motifs is 1. The number of carbonyl (C=O) groups excluding carboxylic acids is 2. The van der Waals surface area contributed by atoms with Crippen molar-refractivity contribution in [2.75, 3.05) is 26.2 Å². The highest BCUT2D eigenvalue weighted by Gasteiger charge is 2.37.